The smallest absolute Gasteiger partial charge is 0.273 e. The van der Waals surface area contributed by atoms with Crippen molar-refractivity contribution in [2.75, 3.05) is 20.2 Å². The monoisotopic (exact) mass is 462 g/mol. The maximum absolute atomic E-state index is 13.0. The quantitative estimate of drug-likeness (QED) is 0.400. The molecular weight excluding hydrogens is 440 g/mol. The van der Waals surface area contributed by atoms with Gasteiger partial charge in [0.1, 0.15) is 21.5 Å². The second-order valence-electron chi connectivity index (χ2n) is 7.62. The Hall–Kier alpha value is -3.10. The maximum Gasteiger partial charge on any atom is 0.273 e. The van der Waals surface area contributed by atoms with Crippen molar-refractivity contribution < 1.29 is 9.53 Å². The summed E-state index contributed by atoms with van der Waals surface area (Å²) >= 11 is 3.12. The summed E-state index contributed by atoms with van der Waals surface area (Å²) in [4.78, 5) is 19.5. The van der Waals surface area contributed by atoms with Crippen molar-refractivity contribution in [3.63, 3.8) is 0 Å². The van der Waals surface area contributed by atoms with Gasteiger partial charge in [0, 0.05) is 30.0 Å². The second kappa shape index (κ2) is 9.18. The van der Waals surface area contributed by atoms with Crippen molar-refractivity contribution >= 4 is 28.6 Å². The molecule has 1 fully saturated rings. The van der Waals surface area contributed by atoms with E-state index in [2.05, 4.69) is 15.2 Å². The Balaban J connectivity index is 1.24. The number of amides is 1. The largest absolute Gasteiger partial charge is 0.496 e. The normalized spacial score (nSPS) is 14.5. The molecule has 0 N–H and O–H groups in total. The van der Waals surface area contributed by atoms with Crippen molar-refractivity contribution in [3.05, 3.63) is 70.7 Å². The number of rotatable bonds is 5. The number of likely N-dealkylation sites (tertiary alicyclic amines) is 1. The number of hydrogen-bond acceptors (Lipinski definition) is 7. The van der Waals surface area contributed by atoms with Crippen molar-refractivity contribution in [3.8, 4) is 26.9 Å². The van der Waals surface area contributed by atoms with Crippen LogP contribution in [0.5, 0.6) is 5.75 Å². The van der Waals surface area contributed by atoms with Crippen molar-refractivity contribution in [2.24, 2.45) is 0 Å². The summed E-state index contributed by atoms with van der Waals surface area (Å²) in [6.45, 7) is 1.40. The molecule has 3 heterocycles. The molecule has 2 aromatic heterocycles. The van der Waals surface area contributed by atoms with Crippen LogP contribution in [0.4, 0.5) is 0 Å². The van der Waals surface area contributed by atoms with E-state index in [-0.39, 0.29) is 5.91 Å². The molecule has 0 unspecified atom stereocenters. The van der Waals surface area contributed by atoms with E-state index in [1.807, 2.05) is 64.9 Å². The standard InChI is InChI=1S/C24H22N4O2S2/c1-30-20-10-6-5-9-18(20)23-27-26-22(32-23)17-11-13-28(14-12-17)24(29)19-15-31-21(25-19)16-7-3-2-4-8-16/h2-10,15,17H,11-14H2,1H3. The molecule has 0 atom stereocenters. The van der Waals surface area contributed by atoms with Crippen LogP contribution in [0.15, 0.2) is 60.0 Å². The number of piperidine rings is 1. The third-order valence-electron chi connectivity index (χ3n) is 5.65. The van der Waals surface area contributed by atoms with Crippen molar-refractivity contribution in [2.45, 2.75) is 18.8 Å². The fourth-order valence-corrected chi connectivity index (χ4v) is 5.75. The molecular formula is C24H22N4O2S2. The molecule has 0 bridgehead atoms. The number of carbonyl (C=O) groups is 1. The van der Waals surface area contributed by atoms with Gasteiger partial charge in [-0.1, -0.05) is 53.8 Å². The summed E-state index contributed by atoms with van der Waals surface area (Å²) in [5.41, 5.74) is 2.53. The summed E-state index contributed by atoms with van der Waals surface area (Å²) in [7, 11) is 1.67. The van der Waals surface area contributed by atoms with E-state index in [0.717, 1.165) is 44.7 Å². The number of benzene rings is 2. The van der Waals surface area contributed by atoms with Crippen LogP contribution < -0.4 is 4.74 Å². The minimum Gasteiger partial charge on any atom is -0.496 e. The van der Waals surface area contributed by atoms with Crippen molar-refractivity contribution in [1.29, 1.82) is 0 Å². The average Bonchev–Trinajstić information content (AvgIpc) is 3.55. The molecule has 1 aliphatic heterocycles. The molecule has 1 aliphatic rings. The van der Waals surface area contributed by atoms with Crippen LogP contribution in [0, 0.1) is 0 Å². The Labute approximate surface area is 194 Å². The Morgan fingerprint density at radius 3 is 2.53 bits per heavy atom. The van der Waals surface area contributed by atoms with Gasteiger partial charge in [0.25, 0.3) is 5.91 Å². The minimum absolute atomic E-state index is 0.00820. The van der Waals surface area contributed by atoms with E-state index in [1.165, 1.54) is 11.3 Å². The van der Waals surface area contributed by atoms with Gasteiger partial charge >= 0.3 is 0 Å². The first-order valence-corrected chi connectivity index (χ1v) is 12.2. The number of thiazole rings is 1. The van der Waals surface area contributed by atoms with Gasteiger partial charge < -0.3 is 9.64 Å². The van der Waals surface area contributed by atoms with Crippen LogP contribution in [-0.2, 0) is 0 Å². The number of hydrogen-bond donors (Lipinski definition) is 0. The predicted octanol–water partition coefficient (Wildman–Crippen LogP) is 5.36. The average molecular weight is 463 g/mol. The number of methoxy groups -OCH3 is 1. The molecule has 0 spiro atoms. The topological polar surface area (TPSA) is 68.2 Å². The molecule has 1 amide bonds. The minimum atomic E-state index is 0.00820. The Kier molecular flexibility index (Phi) is 5.96. The first kappa shape index (κ1) is 20.8. The first-order valence-electron chi connectivity index (χ1n) is 10.5. The number of nitrogens with zero attached hydrogens (tertiary/aromatic N) is 4. The lowest BCUT2D eigenvalue weighted by atomic mass is 9.97. The first-order chi connectivity index (χ1) is 15.7. The second-order valence-corrected chi connectivity index (χ2v) is 9.48. The number of para-hydroxylation sites is 1. The molecule has 4 aromatic rings. The van der Waals surface area contributed by atoms with E-state index in [9.17, 15) is 4.79 Å². The van der Waals surface area contributed by atoms with E-state index in [0.29, 0.717) is 24.7 Å². The fraction of sp³-hybridized carbons (Fsp3) is 0.250. The highest BCUT2D eigenvalue weighted by molar-refractivity contribution is 7.14. The lowest BCUT2D eigenvalue weighted by Gasteiger charge is -2.30. The zero-order valence-electron chi connectivity index (χ0n) is 17.6. The van der Waals surface area contributed by atoms with Gasteiger partial charge in [-0.15, -0.1) is 21.5 Å². The lowest BCUT2D eigenvalue weighted by molar-refractivity contribution is 0.0708. The summed E-state index contributed by atoms with van der Waals surface area (Å²) in [6.07, 6.45) is 1.75. The van der Waals surface area contributed by atoms with E-state index >= 15 is 0 Å². The summed E-state index contributed by atoms with van der Waals surface area (Å²) in [5.74, 6) is 1.12. The molecule has 2 aromatic carbocycles. The molecule has 6 nitrogen and oxygen atoms in total. The number of ether oxygens (including phenoxy) is 1. The third kappa shape index (κ3) is 4.16. The van der Waals surface area contributed by atoms with Gasteiger partial charge in [0.15, 0.2) is 5.01 Å². The molecule has 162 valence electrons. The maximum atomic E-state index is 13.0. The fourth-order valence-electron chi connectivity index (χ4n) is 3.91. The van der Waals surface area contributed by atoms with Crippen molar-refractivity contribution in [1.82, 2.24) is 20.1 Å². The van der Waals surface area contributed by atoms with Crippen LogP contribution in [-0.4, -0.2) is 46.2 Å². The van der Waals surface area contributed by atoms with E-state index in [4.69, 9.17) is 4.74 Å². The highest BCUT2D eigenvalue weighted by atomic mass is 32.1. The Morgan fingerprint density at radius 1 is 1.00 bits per heavy atom. The van der Waals surface area contributed by atoms with Crippen LogP contribution in [0.1, 0.15) is 34.3 Å². The molecule has 5 rings (SSSR count). The zero-order valence-corrected chi connectivity index (χ0v) is 19.2. The van der Waals surface area contributed by atoms with Gasteiger partial charge in [0.05, 0.1) is 12.7 Å². The molecule has 1 saturated heterocycles. The van der Waals surface area contributed by atoms with Crippen LogP contribution >= 0.6 is 22.7 Å². The van der Waals surface area contributed by atoms with Gasteiger partial charge in [0.2, 0.25) is 0 Å². The molecule has 0 radical (unpaired) electrons. The van der Waals surface area contributed by atoms with E-state index in [1.54, 1.807) is 18.4 Å². The molecule has 0 aliphatic carbocycles. The van der Waals surface area contributed by atoms with Gasteiger partial charge in [-0.2, -0.15) is 0 Å². The molecule has 8 heteroatoms. The van der Waals surface area contributed by atoms with E-state index < -0.39 is 0 Å². The number of carbonyl (C=O) groups excluding carboxylic acids is 1. The van der Waals surface area contributed by atoms with Gasteiger partial charge in [-0.05, 0) is 25.0 Å². The summed E-state index contributed by atoms with van der Waals surface area (Å²) in [6, 6.07) is 17.8. The predicted molar refractivity (Wildman–Crippen MR) is 127 cm³/mol. The van der Waals surface area contributed by atoms with Crippen LogP contribution in [0.2, 0.25) is 0 Å². The lowest BCUT2D eigenvalue weighted by Crippen LogP contribution is -2.38. The Morgan fingerprint density at radius 2 is 1.75 bits per heavy atom. The highest BCUT2D eigenvalue weighted by Crippen LogP contribution is 2.37. The summed E-state index contributed by atoms with van der Waals surface area (Å²) in [5, 5.41) is 13.5. The summed E-state index contributed by atoms with van der Waals surface area (Å²) < 4.78 is 5.46. The molecule has 0 saturated carbocycles. The SMILES string of the molecule is COc1ccccc1-c1nnc(C2CCN(C(=O)c3csc(-c4ccccc4)n3)CC2)s1. The number of aromatic nitrogens is 3. The molecule has 32 heavy (non-hydrogen) atoms. The van der Waals surface area contributed by atoms with Gasteiger partial charge in [-0.25, -0.2) is 4.98 Å². The van der Waals surface area contributed by atoms with Crippen LogP contribution in [0.3, 0.4) is 0 Å². The Bertz CT molecular complexity index is 1210. The van der Waals surface area contributed by atoms with Gasteiger partial charge in [-0.3, -0.25) is 4.79 Å². The van der Waals surface area contributed by atoms with Crippen LogP contribution in [0.25, 0.3) is 21.1 Å². The third-order valence-corrected chi connectivity index (χ3v) is 7.66. The highest BCUT2D eigenvalue weighted by Gasteiger charge is 2.28. The zero-order chi connectivity index (χ0) is 21.9.